The molecule has 2 aromatic carbocycles. The van der Waals surface area contributed by atoms with Crippen LogP contribution in [0.1, 0.15) is 55.8 Å². The molecule has 1 aliphatic heterocycles. The Kier molecular flexibility index (Phi) is 3.71. The van der Waals surface area contributed by atoms with Gasteiger partial charge in [-0.2, -0.15) is 0 Å². The average Bonchev–Trinajstić information content (AvgIpc) is 3.03. The normalized spacial score (nSPS) is 24.6. The molecular weight excluding hydrogens is 316 g/mol. The van der Waals surface area contributed by atoms with E-state index >= 15 is 0 Å². The van der Waals surface area contributed by atoms with E-state index < -0.39 is 11.6 Å². The molecule has 0 aromatic heterocycles. The van der Waals surface area contributed by atoms with Gasteiger partial charge < -0.3 is 5.32 Å². The third-order valence-electron chi connectivity index (χ3n) is 5.52. The van der Waals surface area contributed by atoms with Crippen LogP contribution in [0.2, 0.25) is 0 Å². The monoisotopic (exact) mass is 339 g/mol. The fraction of sp³-hybridized carbons (Fsp3) is 0.364. The quantitative estimate of drug-likeness (QED) is 0.620. The third-order valence-corrected chi connectivity index (χ3v) is 5.52. The lowest BCUT2D eigenvalue weighted by molar-refractivity contribution is 0.418. The zero-order valence-corrected chi connectivity index (χ0v) is 14.8. The highest BCUT2D eigenvalue weighted by molar-refractivity contribution is 5.60. The standard InChI is InChI=1S/C22H23F2N/c1-22(2,3)14-9-7-13(8-10-14)20-17-6-4-5-16(17)18-11-15(23)12-19(24)21(18)25-20/h4-5,7-12,16-17,20,25H,6H2,1-3H3/t16-,17+,20+/m1/s1. The molecule has 130 valence electrons. The van der Waals surface area contributed by atoms with Crippen LogP contribution in [0.5, 0.6) is 0 Å². The van der Waals surface area contributed by atoms with Crippen LogP contribution >= 0.6 is 0 Å². The minimum atomic E-state index is -0.509. The van der Waals surface area contributed by atoms with Crippen LogP contribution in [0.3, 0.4) is 0 Å². The number of rotatable bonds is 1. The van der Waals surface area contributed by atoms with Crippen LogP contribution in [0, 0.1) is 17.6 Å². The molecule has 0 radical (unpaired) electrons. The number of anilines is 1. The first-order chi connectivity index (χ1) is 11.8. The molecule has 0 saturated carbocycles. The van der Waals surface area contributed by atoms with Gasteiger partial charge in [0.2, 0.25) is 0 Å². The number of allylic oxidation sites excluding steroid dienone is 2. The average molecular weight is 339 g/mol. The molecule has 0 fully saturated rings. The number of hydrogen-bond donors (Lipinski definition) is 1. The lowest BCUT2D eigenvalue weighted by Gasteiger charge is -2.37. The van der Waals surface area contributed by atoms with Gasteiger partial charge in [0.15, 0.2) is 0 Å². The Morgan fingerprint density at radius 1 is 1.04 bits per heavy atom. The molecule has 0 unspecified atom stereocenters. The second kappa shape index (κ2) is 5.69. The van der Waals surface area contributed by atoms with Crippen LogP contribution in [-0.2, 0) is 5.41 Å². The minimum Gasteiger partial charge on any atom is -0.375 e. The molecule has 1 heterocycles. The predicted molar refractivity (Wildman–Crippen MR) is 97.9 cm³/mol. The van der Waals surface area contributed by atoms with Gasteiger partial charge in [-0.1, -0.05) is 57.2 Å². The third kappa shape index (κ3) is 2.76. The fourth-order valence-electron chi connectivity index (χ4n) is 4.14. The zero-order chi connectivity index (χ0) is 17.8. The summed E-state index contributed by atoms with van der Waals surface area (Å²) in [6.45, 7) is 6.58. The molecule has 2 aliphatic rings. The smallest absolute Gasteiger partial charge is 0.149 e. The first kappa shape index (κ1) is 16.3. The van der Waals surface area contributed by atoms with Gasteiger partial charge in [0.1, 0.15) is 11.6 Å². The second-order valence-corrected chi connectivity index (χ2v) is 8.20. The van der Waals surface area contributed by atoms with Gasteiger partial charge in [0.05, 0.1) is 11.7 Å². The van der Waals surface area contributed by atoms with Gasteiger partial charge in [0.25, 0.3) is 0 Å². The van der Waals surface area contributed by atoms with Crippen molar-refractivity contribution in [1.29, 1.82) is 0 Å². The Morgan fingerprint density at radius 3 is 2.44 bits per heavy atom. The van der Waals surface area contributed by atoms with E-state index in [2.05, 4.69) is 62.5 Å². The van der Waals surface area contributed by atoms with Crippen molar-refractivity contribution >= 4 is 5.69 Å². The van der Waals surface area contributed by atoms with E-state index in [1.807, 2.05) is 0 Å². The van der Waals surface area contributed by atoms with Crippen molar-refractivity contribution in [3.05, 3.63) is 76.9 Å². The summed E-state index contributed by atoms with van der Waals surface area (Å²) >= 11 is 0. The van der Waals surface area contributed by atoms with Gasteiger partial charge in [-0.05, 0) is 40.5 Å². The number of hydrogen-bond acceptors (Lipinski definition) is 1. The van der Waals surface area contributed by atoms with Crippen LogP contribution in [0.15, 0.2) is 48.6 Å². The Balaban J connectivity index is 1.74. The van der Waals surface area contributed by atoms with Gasteiger partial charge in [-0.25, -0.2) is 8.78 Å². The summed E-state index contributed by atoms with van der Waals surface area (Å²) in [5.74, 6) is -0.668. The minimum absolute atomic E-state index is 0.0291. The van der Waals surface area contributed by atoms with Crippen LogP contribution in [0.4, 0.5) is 14.5 Å². The van der Waals surface area contributed by atoms with E-state index in [0.29, 0.717) is 5.69 Å². The first-order valence-corrected chi connectivity index (χ1v) is 8.87. The highest BCUT2D eigenvalue weighted by Crippen LogP contribution is 2.50. The van der Waals surface area contributed by atoms with Crippen molar-refractivity contribution in [2.24, 2.45) is 5.92 Å². The molecule has 0 saturated heterocycles. The first-order valence-electron chi connectivity index (χ1n) is 8.87. The maximum atomic E-state index is 14.4. The van der Waals surface area contributed by atoms with Crippen molar-refractivity contribution in [3.63, 3.8) is 0 Å². The summed E-state index contributed by atoms with van der Waals surface area (Å²) in [6.07, 6.45) is 5.14. The highest BCUT2D eigenvalue weighted by Gasteiger charge is 2.39. The molecule has 2 aromatic rings. The predicted octanol–water partition coefficient (Wildman–Crippen LogP) is 6.09. The fourth-order valence-corrected chi connectivity index (χ4v) is 4.14. The van der Waals surface area contributed by atoms with Crippen molar-refractivity contribution in [1.82, 2.24) is 0 Å². The zero-order valence-electron chi connectivity index (χ0n) is 14.8. The number of fused-ring (bicyclic) bond motifs is 3. The lowest BCUT2D eigenvalue weighted by atomic mass is 9.76. The molecule has 0 spiro atoms. The molecule has 1 nitrogen and oxygen atoms in total. The van der Waals surface area contributed by atoms with Gasteiger partial charge in [0, 0.05) is 12.0 Å². The van der Waals surface area contributed by atoms with E-state index in [4.69, 9.17) is 0 Å². The number of benzene rings is 2. The highest BCUT2D eigenvalue weighted by atomic mass is 19.1. The Labute approximate surface area is 147 Å². The van der Waals surface area contributed by atoms with Crippen molar-refractivity contribution in [3.8, 4) is 0 Å². The molecule has 1 N–H and O–H groups in total. The van der Waals surface area contributed by atoms with Gasteiger partial charge in [-0.3, -0.25) is 0 Å². The second-order valence-electron chi connectivity index (χ2n) is 8.20. The van der Waals surface area contributed by atoms with E-state index in [9.17, 15) is 8.78 Å². The maximum absolute atomic E-state index is 14.4. The van der Waals surface area contributed by atoms with Crippen LogP contribution in [0.25, 0.3) is 0 Å². The Morgan fingerprint density at radius 2 is 1.76 bits per heavy atom. The van der Waals surface area contributed by atoms with E-state index in [1.165, 1.54) is 11.6 Å². The largest absolute Gasteiger partial charge is 0.375 e. The van der Waals surface area contributed by atoms with E-state index in [0.717, 1.165) is 23.6 Å². The molecule has 1 aliphatic carbocycles. The van der Waals surface area contributed by atoms with Crippen molar-refractivity contribution in [2.45, 2.75) is 44.6 Å². The van der Waals surface area contributed by atoms with Gasteiger partial charge >= 0.3 is 0 Å². The summed E-state index contributed by atoms with van der Waals surface area (Å²) in [5.41, 5.74) is 3.72. The summed E-state index contributed by atoms with van der Waals surface area (Å²) in [7, 11) is 0. The van der Waals surface area contributed by atoms with Gasteiger partial charge in [-0.15, -0.1) is 0 Å². The summed E-state index contributed by atoms with van der Waals surface area (Å²) in [4.78, 5) is 0. The molecular formula is C22H23F2N. The SMILES string of the molecule is CC(C)(C)c1ccc([C@@H]2Nc3c(F)cc(F)cc3[C@@H]3C=CC[C@@H]32)cc1. The Hall–Kier alpha value is -2.16. The lowest BCUT2D eigenvalue weighted by Crippen LogP contribution is -2.30. The molecule has 0 bridgehead atoms. The van der Waals surface area contributed by atoms with E-state index in [1.54, 1.807) is 0 Å². The summed E-state index contributed by atoms with van der Waals surface area (Å²) in [5, 5.41) is 3.36. The molecule has 0 amide bonds. The van der Waals surface area contributed by atoms with Crippen molar-refractivity contribution in [2.75, 3.05) is 5.32 Å². The van der Waals surface area contributed by atoms with Crippen molar-refractivity contribution < 1.29 is 8.78 Å². The molecule has 25 heavy (non-hydrogen) atoms. The molecule has 3 atom stereocenters. The number of nitrogens with one attached hydrogen (secondary N) is 1. The summed E-state index contributed by atoms with van der Waals surface area (Å²) < 4.78 is 28.1. The van der Waals surface area contributed by atoms with E-state index in [-0.39, 0.29) is 23.3 Å². The molecule has 3 heteroatoms. The van der Waals surface area contributed by atoms with Crippen LogP contribution in [-0.4, -0.2) is 0 Å². The summed E-state index contributed by atoms with van der Waals surface area (Å²) in [6, 6.07) is 11.1. The molecule has 4 rings (SSSR count). The topological polar surface area (TPSA) is 12.0 Å². The maximum Gasteiger partial charge on any atom is 0.149 e. The Bertz CT molecular complexity index is 830. The number of halogens is 2. The van der Waals surface area contributed by atoms with Crippen LogP contribution < -0.4 is 5.32 Å².